The molecule has 6 nitrogen and oxygen atoms in total. The van der Waals surface area contributed by atoms with E-state index in [1.807, 2.05) is 18.2 Å². The maximum Gasteiger partial charge on any atom is 0.268 e. The van der Waals surface area contributed by atoms with Crippen LogP contribution >= 0.6 is 0 Å². The molecule has 0 saturated heterocycles. The Morgan fingerprint density at radius 1 is 1.27 bits per heavy atom. The number of aromatic nitrogens is 1. The minimum absolute atomic E-state index is 0.141. The van der Waals surface area contributed by atoms with Crippen LogP contribution in [0.3, 0.4) is 0 Å². The van der Waals surface area contributed by atoms with Crippen molar-refractivity contribution in [1.82, 2.24) is 15.6 Å². The number of nitrogens with one attached hydrogen (secondary N) is 3. The van der Waals surface area contributed by atoms with Gasteiger partial charge in [-0.3, -0.25) is 9.59 Å². The van der Waals surface area contributed by atoms with Crippen molar-refractivity contribution < 1.29 is 14.3 Å². The van der Waals surface area contributed by atoms with Gasteiger partial charge in [-0.2, -0.15) is 0 Å². The number of carbonyl (C=O) groups is 2. The highest BCUT2D eigenvalue weighted by atomic mass is 16.5. The van der Waals surface area contributed by atoms with E-state index >= 15 is 0 Å². The van der Waals surface area contributed by atoms with Gasteiger partial charge in [-0.25, -0.2) is 0 Å². The van der Waals surface area contributed by atoms with Gasteiger partial charge in [0.15, 0.2) is 0 Å². The summed E-state index contributed by atoms with van der Waals surface area (Å²) in [6, 6.07) is 6.88. The second kappa shape index (κ2) is 8.25. The molecular formula is C20H27N3O3. The van der Waals surface area contributed by atoms with Gasteiger partial charge in [0, 0.05) is 18.0 Å². The lowest BCUT2D eigenvalue weighted by Gasteiger charge is -2.26. The molecule has 0 bridgehead atoms. The number of methoxy groups -OCH3 is 1. The maximum absolute atomic E-state index is 12.7. The number of amides is 2. The van der Waals surface area contributed by atoms with E-state index in [1.165, 1.54) is 19.3 Å². The molecule has 2 amide bonds. The predicted octanol–water partition coefficient (Wildman–Crippen LogP) is 2.99. The largest absolute Gasteiger partial charge is 0.496 e. The highest BCUT2D eigenvalue weighted by Gasteiger charge is 2.26. The number of fused-ring (bicyclic) bond motifs is 1. The van der Waals surface area contributed by atoms with E-state index in [0.29, 0.717) is 23.8 Å². The summed E-state index contributed by atoms with van der Waals surface area (Å²) < 4.78 is 5.34. The Morgan fingerprint density at radius 2 is 2.04 bits per heavy atom. The van der Waals surface area contributed by atoms with Crippen LogP contribution in [0.5, 0.6) is 5.75 Å². The molecule has 0 spiro atoms. The third-order valence-corrected chi connectivity index (χ3v) is 5.25. The van der Waals surface area contributed by atoms with Gasteiger partial charge >= 0.3 is 0 Å². The standard InChI is InChI=1S/C20H27N3O3/c1-21-19(24)16(11-13-7-4-3-5-8-13)23-20(25)17-12-14-15(22-17)9-6-10-18(14)26-2/h6,9-10,12-13,16,22H,3-5,7-8,11H2,1-2H3,(H,21,24)(H,23,25)/t16-/m0/s1. The molecular weight excluding hydrogens is 330 g/mol. The Morgan fingerprint density at radius 3 is 2.73 bits per heavy atom. The van der Waals surface area contributed by atoms with Crippen LogP contribution in [0.1, 0.15) is 49.0 Å². The van der Waals surface area contributed by atoms with Gasteiger partial charge in [0.05, 0.1) is 7.11 Å². The lowest BCUT2D eigenvalue weighted by atomic mass is 9.84. The minimum atomic E-state index is -0.510. The van der Waals surface area contributed by atoms with Crippen LogP contribution in [-0.4, -0.2) is 37.0 Å². The Hall–Kier alpha value is -2.50. The molecule has 1 aromatic carbocycles. The van der Waals surface area contributed by atoms with Crippen molar-refractivity contribution in [3.63, 3.8) is 0 Å². The van der Waals surface area contributed by atoms with Gasteiger partial charge < -0.3 is 20.4 Å². The van der Waals surface area contributed by atoms with E-state index in [-0.39, 0.29) is 11.8 Å². The molecule has 0 radical (unpaired) electrons. The summed E-state index contributed by atoms with van der Waals surface area (Å²) in [6.45, 7) is 0. The molecule has 1 aromatic heterocycles. The Bertz CT molecular complexity index is 778. The average molecular weight is 357 g/mol. The zero-order valence-electron chi connectivity index (χ0n) is 15.4. The lowest BCUT2D eigenvalue weighted by molar-refractivity contribution is -0.123. The molecule has 6 heteroatoms. The van der Waals surface area contributed by atoms with E-state index in [1.54, 1.807) is 20.2 Å². The molecule has 3 rings (SSSR count). The zero-order valence-corrected chi connectivity index (χ0v) is 15.4. The summed E-state index contributed by atoms with van der Waals surface area (Å²) in [5, 5.41) is 6.43. The first kappa shape index (κ1) is 18.3. The number of hydrogen-bond acceptors (Lipinski definition) is 3. The van der Waals surface area contributed by atoms with E-state index < -0.39 is 6.04 Å². The molecule has 1 aliphatic carbocycles. The van der Waals surface area contributed by atoms with Crippen LogP contribution in [-0.2, 0) is 4.79 Å². The number of carbonyl (C=O) groups excluding carboxylic acids is 2. The van der Waals surface area contributed by atoms with Crippen LogP contribution in [0, 0.1) is 5.92 Å². The molecule has 1 heterocycles. The normalized spacial score (nSPS) is 16.2. The molecule has 2 aromatic rings. The molecule has 3 N–H and O–H groups in total. The molecule has 26 heavy (non-hydrogen) atoms. The lowest BCUT2D eigenvalue weighted by Crippen LogP contribution is -2.47. The summed E-state index contributed by atoms with van der Waals surface area (Å²) in [5.74, 6) is 0.794. The van der Waals surface area contributed by atoms with Gasteiger partial charge in [-0.05, 0) is 30.5 Å². The van der Waals surface area contributed by atoms with Crippen molar-refractivity contribution in [1.29, 1.82) is 0 Å². The van der Waals surface area contributed by atoms with Gasteiger partial charge in [-0.1, -0.05) is 38.2 Å². The Balaban J connectivity index is 1.75. The SMILES string of the molecule is CNC(=O)[C@H](CC1CCCCC1)NC(=O)c1cc2c(OC)cccc2[nH]1. The van der Waals surface area contributed by atoms with E-state index in [2.05, 4.69) is 15.6 Å². The molecule has 1 atom stereocenters. The summed E-state index contributed by atoms with van der Waals surface area (Å²) in [4.78, 5) is 28.1. The molecule has 0 unspecified atom stereocenters. The summed E-state index contributed by atoms with van der Waals surface area (Å²) >= 11 is 0. The number of hydrogen-bond donors (Lipinski definition) is 3. The highest BCUT2D eigenvalue weighted by Crippen LogP contribution is 2.28. The van der Waals surface area contributed by atoms with Crippen LogP contribution < -0.4 is 15.4 Å². The summed E-state index contributed by atoms with van der Waals surface area (Å²) in [7, 11) is 3.21. The first-order valence-electron chi connectivity index (χ1n) is 9.30. The average Bonchev–Trinajstić information content (AvgIpc) is 3.12. The number of likely N-dealkylation sites (N-methyl/N-ethyl adjacent to an activating group) is 1. The van der Waals surface area contributed by atoms with Crippen molar-refractivity contribution in [2.45, 2.75) is 44.6 Å². The minimum Gasteiger partial charge on any atom is -0.496 e. The smallest absolute Gasteiger partial charge is 0.268 e. The van der Waals surface area contributed by atoms with E-state index in [0.717, 1.165) is 23.7 Å². The number of benzene rings is 1. The Kier molecular flexibility index (Phi) is 5.81. The third-order valence-electron chi connectivity index (χ3n) is 5.25. The van der Waals surface area contributed by atoms with Crippen LogP contribution in [0.4, 0.5) is 0 Å². The van der Waals surface area contributed by atoms with Crippen molar-refractivity contribution >= 4 is 22.7 Å². The highest BCUT2D eigenvalue weighted by molar-refractivity contribution is 6.01. The second-order valence-corrected chi connectivity index (χ2v) is 6.98. The molecule has 0 aliphatic heterocycles. The van der Waals surface area contributed by atoms with Crippen LogP contribution in [0.2, 0.25) is 0 Å². The maximum atomic E-state index is 12.7. The monoisotopic (exact) mass is 357 g/mol. The third kappa shape index (κ3) is 4.00. The van der Waals surface area contributed by atoms with Crippen molar-refractivity contribution in [3.8, 4) is 5.75 Å². The quantitative estimate of drug-likeness (QED) is 0.743. The number of rotatable bonds is 6. The van der Waals surface area contributed by atoms with Crippen molar-refractivity contribution in [2.24, 2.45) is 5.92 Å². The topological polar surface area (TPSA) is 83.2 Å². The first-order chi connectivity index (χ1) is 12.6. The zero-order chi connectivity index (χ0) is 18.5. The fourth-order valence-corrected chi connectivity index (χ4v) is 3.83. The summed E-state index contributed by atoms with van der Waals surface area (Å²) in [6.07, 6.45) is 6.64. The molecule has 1 fully saturated rings. The fourth-order valence-electron chi connectivity index (χ4n) is 3.83. The van der Waals surface area contributed by atoms with E-state index in [4.69, 9.17) is 4.74 Å². The van der Waals surface area contributed by atoms with Crippen LogP contribution in [0.15, 0.2) is 24.3 Å². The van der Waals surface area contributed by atoms with Gasteiger partial charge in [0.2, 0.25) is 5.91 Å². The van der Waals surface area contributed by atoms with E-state index in [9.17, 15) is 9.59 Å². The molecule has 1 aliphatic rings. The van der Waals surface area contributed by atoms with Gasteiger partial charge in [-0.15, -0.1) is 0 Å². The van der Waals surface area contributed by atoms with Gasteiger partial charge in [0.1, 0.15) is 17.5 Å². The second-order valence-electron chi connectivity index (χ2n) is 6.98. The fraction of sp³-hybridized carbons (Fsp3) is 0.500. The van der Waals surface area contributed by atoms with Gasteiger partial charge in [0.25, 0.3) is 5.91 Å². The number of aromatic amines is 1. The summed E-state index contributed by atoms with van der Waals surface area (Å²) in [5.41, 5.74) is 1.26. The van der Waals surface area contributed by atoms with Crippen molar-refractivity contribution in [2.75, 3.05) is 14.2 Å². The predicted molar refractivity (Wildman–Crippen MR) is 101 cm³/mol. The number of H-pyrrole nitrogens is 1. The van der Waals surface area contributed by atoms with Crippen molar-refractivity contribution in [3.05, 3.63) is 30.0 Å². The Labute approximate surface area is 153 Å². The molecule has 140 valence electrons. The molecule has 1 saturated carbocycles. The first-order valence-corrected chi connectivity index (χ1v) is 9.30. The van der Waals surface area contributed by atoms with Crippen LogP contribution in [0.25, 0.3) is 10.9 Å². The number of ether oxygens (including phenoxy) is 1.